The van der Waals surface area contributed by atoms with Crippen molar-refractivity contribution in [3.63, 3.8) is 0 Å². The second-order valence-electron chi connectivity index (χ2n) is 5.41. The fourth-order valence-corrected chi connectivity index (χ4v) is 4.57. The van der Waals surface area contributed by atoms with Crippen molar-refractivity contribution in [1.82, 2.24) is 14.1 Å². The van der Waals surface area contributed by atoms with Gasteiger partial charge in [-0.15, -0.1) is 25.3 Å². The van der Waals surface area contributed by atoms with Gasteiger partial charge in [0.1, 0.15) is 10.2 Å². The Labute approximate surface area is 173 Å². The van der Waals surface area contributed by atoms with E-state index in [9.17, 15) is 4.39 Å². The van der Waals surface area contributed by atoms with E-state index in [-0.39, 0.29) is 5.82 Å². The number of benzene rings is 2. The van der Waals surface area contributed by atoms with Crippen LogP contribution >= 0.6 is 60.3 Å². The molecule has 1 unspecified atom stereocenters. The van der Waals surface area contributed by atoms with Gasteiger partial charge in [0, 0.05) is 11.1 Å². The molecule has 0 saturated carbocycles. The molecule has 132 valence electrons. The van der Waals surface area contributed by atoms with Crippen LogP contribution in [0.5, 0.6) is 0 Å². The Bertz CT molecular complexity index is 1010. The van der Waals surface area contributed by atoms with Crippen LogP contribution in [0.4, 0.5) is 4.39 Å². The third-order valence-corrected chi connectivity index (χ3v) is 6.08. The lowest BCUT2D eigenvalue weighted by Gasteiger charge is -2.27. The topological polar surface area (TPSA) is 50.2 Å². The van der Waals surface area contributed by atoms with E-state index in [1.807, 2.05) is 18.2 Å². The molecular formula is C16H10ClFN4S4. The summed E-state index contributed by atoms with van der Waals surface area (Å²) in [4.78, 5) is 8.90. The number of hydrogen-bond donors (Lipinski definition) is 3. The van der Waals surface area contributed by atoms with Crippen LogP contribution < -0.4 is 4.72 Å². The zero-order valence-corrected chi connectivity index (χ0v) is 17.0. The summed E-state index contributed by atoms with van der Waals surface area (Å²) in [6.07, 6.45) is 0. The average Bonchev–Trinajstić information content (AvgIpc) is 3.22. The van der Waals surface area contributed by atoms with Gasteiger partial charge in [-0.05, 0) is 53.3 Å². The maximum absolute atomic E-state index is 13.4. The van der Waals surface area contributed by atoms with Crippen molar-refractivity contribution in [2.45, 2.75) is 10.0 Å². The summed E-state index contributed by atoms with van der Waals surface area (Å²) in [5.41, 5.74) is 1.39. The molecule has 1 aromatic heterocycles. The van der Waals surface area contributed by atoms with Crippen molar-refractivity contribution < 1.29 is 4.39 Å². The summed E-state index contributed by atoms with van der Waals surface area (Å²) in [6, 6.07) is 11.7. The lowest BCUT2D eigenvalue weighted by atomic mass is 9.92. The molecule has 0 amide bonds. The molecule has 10 heteroatoms. The monoisotopic (exact) mass is 440 g/mol. The number of rotatable bonds is 3. The number of aliphatic imine (C=N–C) groups is 1. The minimum atomic E-state index is -0.901. The standard InChI is InChI=1S/C16H10ClFN4S4/c17-12-7-9(3-6-11(12)13-19-14(23)25-21-13)16(20-15(24)26-22-16)8-1-4-10(18)5-2-8/h1-7,22H,(H,20,24)(H,19,21,23). The second kappa shape index (κ2) is 7.14. The Hall–Kier alpha value is -1.10. The molecule has 0 bridgehead atoms. The number of hydrogen-bond acceptors (Lipinski definition) is 7. The molecule has 0 aliphatic carbocycles. The molecule has 1 N–H and O–H groups in total. The normalized spacial score (nSPS) is 19.6. The van der Waals surface area contributed by atoms with E-state index in [4.69, 9.17) is 11.6 Å². The van der Waals surface area contributed by atoms with Crippen molar-refractivity contribution in [2.75, 3.05) is 0 Å². The van der Waals surface area contributed by atoms with Crippen molar-refractivity contribution in [3.05, 3.63) is 64.4 Å². The third kappa shape index (κ3) is 3.28. The quantitative estimate of drug-likeness (QED) is 0.395. The summed E-state index contributed by atoms with van der Waals surface area (Å²) < 4.78 is 22.0. The van der Waals surface area contributed by atoms with Gasteiger partial charge in [-0.1, -0.05) is 29.8 Å². The second-order valence-corrected chi connectivity index (χ2v) is 8.82. The fourth-order valence-electron chi connectivity index (χ4n) is 2.66. The summed E-state index contributed by atoms with van der Waals surface area (Å²) in [5, 5.41) is 0.490. The van der Waals surface area contributed by atoms with E-state index < -0.39 is 5.66 Å². The minimum absolute atomic E-state index is 0.310. The summed E-state index contributed by atoms with van der Waals surface area (Å²) in [7, 11) is 0. The van der Waals surface area contributed by atoms with Gasteiger partial charge in [-0.2, -0.15) is 4.37 Å². The molecular weight excluding hydrogens is 431 g/mol. The first-order chi connectivity index (χ1) is 12.5. The van der Waals surface area contributed by atoms with Crippen molar-refractivity contribution in [3.8, 4) is 11.4 Å². The van der Waals surface area contributed by atoms with E-state index in [1.165, 1.54) is 35.6 Å². The zero-order chi connectivity index (χ0) is 18.3. The number of nitrogens with zero attached hydrogens (tertiary/aromatic N) is 3. The van der Waals surface area contributed by atoms with Gasteiger partial charge in [-0.3, -0.25) is 0 Å². The molecule has 26 heavy (non-hydrogen) atoms. The van der Waals surface area contributed by atoms with E-state index in [1.54, 1.807) is 12.1 Å². The first kappa shape index (κ1) is 18.3. The first-order valence-electron chi connectivity index (χ1n) is 7.30. The molecule has 0 radical (unpaired) electrons. The van der Waals surface area contributed by atoms with E-state index >= 15 is 0 Å². The molecule has 3 aromatic rings. The van der Waals surface area contributed by atoms with E-state index in [0.717, 1.165) is 11.1 Å². The van der Waals surface area contributed by atoms with Crippen LogP contribution in [0.1, 0.15) is 11.1 Å². The SMILES string of the molecule is Fc1ccc(C2(c3ccc(-c4nsc(S)n4)c(Cl)c3)N=C(S)SN2)cc1. The summed E-state index contributed by atoms with van der Waals surface area (Å²) in [6.45, 7) is 0. The van der Waals surface area contributed by atoms with Gasteiger partial charge in [0.25, 0.3) is 0 Å². The van der Waals surface area contributed by atoms with Crippen molar-refractivity contribution >= 4 is 64.7 Å². The van der Waals surface area contributed by atoms with Gasteiger partial charge in [0.15, 0.2) is 15.8 Å². The van der Waals surface area contributed by atoms with Gasteiger partial charge in [0.05, 0.1) is 5.02 Å². The van der Waals surface area contributed by atoms with Crippen LogP contribution in [0.3, 0.4) is 0 Å². The Morgan fingerprint density at radius 2 is 1.81 bits per heavy atom. The number of nitrogens with one attached hydrogen (secondary N) is 1. The van der Waals surface area contributed by atoms with Crippen LogP contribution in [0.2, 0.25) is 5.02 Å². The largest absolute Gasteiger partial charge is 0.238 e. The highest BCUT2D eigenvalue weighted by atomic mass is 35.5. The minimum Gasteiger partial charge on any atom is -0.238 e. The average molecular weight is 441 g/mol. The molecule has 0 saturated heterocycles. The number of aromatic nitrogens is 2. The van der Waals surface area contributed by atoms with Crippen LogP contribution in [0.15, 0.2) is 51.8 Å². The van der Waals surface area contributed by atoms with Gasteiger partial charge in [0.2, 0.25) is 0 Å². The molecule has 1 aliphatic heterocycles. The Balaban J connectivity index is 1.83. The molecule has 2 heterocycles. The smallest absolute Gasteiger partial charge is 0.175 e. The highest BCUT2D eigenvalue weighted by Crippen LogP contribution is 2.41. The molecule has 4 rings (SSSR count). The van der Waals surface area contributed by atoms with Gasteiger partial charge >= 0.3 is 0 Å². The predicted octanol–water partition coefficient (Wildman–Crippen LogP) is 5.02. The van der Waals surface area contributed by atoms with Crippen LogP contribution in [0.25, 0.3) is 11.4 Å². The Morgan fingerprint density at radius 3 is 2.38 bits per heavy atom. The molecule has 0 spiro atoms. The molecule has 4 nitrogen and oxygen atoms in total. The Kier molecular flexibility index (Phi) is 5.02. The predicted molar refractivity (Wildman–Crippen MR) is 112 cm³/mol. The van der Waals surface area contributed by atoms with Crippen LogP contribution in [-0.2, 0) is 5.66 Å². The van der Waals surface area contributed by atoms with Gasteiger partial charge < -0.3 is 0 Å². The molecule has 2 aromatic carbocycles. The molecule has 1 atom stereocenters. The van der Waals surface area contributed by atoms with E-state index in [0.29, 0.717) is 25.1 Å². The van der Waals surface area contributed by atoms with Crippen molar-refractivity contribution in [2.24, 2.45) is 4.99 Å². The van der Waals surface area contributed by atoms with E-state index in [2.05, 4.69) is 44.3 Å². The molecule has 0 fully saturated rings. The third-order valence-electron chi connectivity index (χ3n) is 3.86. The lowest BCUT2D eigenvalue weighted by Crippen LogP contribution is -2.34. The Morgan fingerprint density at radius 1 is 1.08 bits per heavy atom. The highest BCUT2D eigenvalue weighted by molar-refractivity contribution is 8.31. The zero-order valence-electron chi connectivity index (χ0n) is 12.8. The fraction of sp³-hybridized carbons (Fsp3) is 0.0625. The summed E-state index contributed by atoms with van der Waals surface area (Å²) >= 11 is 17.5. The van der Waals surface area contributed by atoms with Crippen LogP contribution in [-0.4, -0.2) is 13.7 Å². The van der Waals surface area contributed by atoms with Crippen molar-refractivity contribution in [1.29, 1.82) is 0 Å². The maximum atomic E-state index is 13.4. The highest BCUT2D eigenvalue weighted by Gasteiger charge is 2.39. The van der Waals surface area contributed by atoms with Crippen LogP contribution in [0, 0.1) is 5.82 Å². The first-order valence-corrected chi connectivity index (χ1v) is 10.2. The van der Waals surface area contributed by atoms with Gasteiger partial charge in [-0.25, -0.2) is 19.1 Å². The number of halogens is 2. The number of thiol groups is 2. The lowest BCUT2D eigenvalue weighted by molar-refractivity contribution is 0.537. The molecule has 1 aliphatic rings. The summed E-state index contributed by atoms with van der Waals surface area (Å²) in [5.74, 6) is 0.217. The maximum Gasteiger partial charge on any atom is 0.175 e.